The van der Waals surface area contributed by atoms with E-state index in [1.807, 2.05) is 13.8 Å². The summed E-state index contributed by atoms with van der Waals surface area (Å²) in [5.41, 5.74) is 3.38. The summed E-state index contributed by atoms with van der Waals surface area (Å²) in [4.78, 5) is 35.5. The Balaban J connectivity index is 1.94. The lowest BCUT2D eigenvalue weighted by molar-refractivity contribution is -0.139. The smallest absolute Gasteiger partial charge is 0.329 e. The summed E-state index contributed by atoms with van der Waals surface area (Å²) in [5, 5.41) is 9.00. The summed E-state index contributed by atoms with van der Waals surface area (Å²) in [7, 11) is 0. The van der Waals surface area contributed by atoms with Gasteiger partial charge in [0.15, 0.2) is 18.1 Å². The quantitative estimate of drug-likeness (QED) is 0.263. The van der Waals surface area contributed by atoms with Gasteiger partial charge in [-0.05, 0) is 75.7 Å². The van der Waals surface area contributed by atoms with E-state index in [9.17, 15) is 14.4 Å². The van der Waals surface area contributed by atoms with E-state index in [0.717, 1.165) is 5.75 Å². The summed E-state index contributed by atoms with van der Waals surface area (Å²) >= 11 is 0. The van der Waals surface area contributed by atoms with Crippen molar-refractivity contribution in [2.24, 2.45) is 5.10 Å². The van der Waals surface area contributed by atoms with Gasteiger partial charge in [-0.1, -0.05) is 0 Å². The van der Waals surface area contributed by atoms with E-state index < -0.39 is 11.8 Å². The molecule has 0 spiro atoms. The Morgan fingerprint density at radius 1 is 0.912 bits per heavy atom. The molecule has 10 nitrogen and oxygen atoms in total. The summed E-state index contributed by atoms with van der Waals surface area (Å²) in [6, 6.07) is 11.8. The molecule has 0 saturated heterocycles. The van der Waals surface area contributed by atoms with Crippen LogP contribution in [0.5, 0.6) is 17.2 Å². The van der Waals surface area contributed by atoms with Crippen LogP contribution in [-0.4, -0.2) is 49.8 Å². The molecule has 182 valence electrons. The van der Waals surface area contributed by atoms with Crippen LogP contribution in [0.1, 0.15) is 33.3 Å². The second-order valence-corrected chi connectivity index (χ2v) is 7.26. The Bertz CT molecular complexity index is 1010. The van der Waals surface area contributed by atoms with Gasteiger partial charge < -0.3 is 24.8 Å². The van der Waals surface area contributed by atoms with Gasteiger partial charge in [0.2, 0.25) is 0 Å². The predicted molar refractivity (Wildman–Crippen MR) is 128 cm³/mol. The number of benzene rings is 2. The van der Waals surface area contributed by atoms with Crippen molar-refractivity contribution in [3.8, 4) is 17.2 Å². The van der Waals surface area contributed by atoms with E-state index in [4.69, 9.17) is 14.2 Å². The van der Waals surface area contributed by atoms with E-state index in [1.54, 1.807) is 56.3 Å². The maximum absolute atomic E-state index is 12.3. The minimum absolute atomic E-state index is 0.161. The van der Waals surface area contributed by atoms with E-state index in [1.165, 1.54) is 6.21 Å². The molecule has 0 heterocycles. The molecule has 34 heavy (non-hydrogen) atoms. The van der Waals surface area contributed by atoms with Gasteiger partial charge in [0, 0.05) is 11.7 Å². The van der Waals surface area contributed by atoms with Crippen LogP contribution in [0.25, 0.3) is 0 Å². The fourth-order valence-corrected chi connectivity index (χ4v) is 2.68. The van der Waals surface area contributed by atoms with Crippen LogP contribution >= 0.6 is 0 Å². The van der Waals surface area contributed by atoms with Crippen molar-refractivity contribution in [1.29, 1.82) is 0 Å². The maximum Gasteiger partial charge on any atom is 0.329 e. The van der Waals surface area contributed by atoms with Crippen LogP contribution in [0.15, 0.2) is 47.6 Å². The SMILES string of the molecule is CCOc1ccc(NC(=O)COc2ccc(/C=N\NC(=O)C(=O)NC(C)C)cc2OCC)cc1. The number of nitrogens with one attached hydrogen (secondary N) is 3. The first-order valence-electron chi connectivity index (χ1n) is 10.9. The third-order valence-electron chi connectivity index (χ3n) is 4.08. The van der Waals surface area contributed by atoms with Gasteiger partial charge in [0.1, 0.15) is 5.75 Å². The van der Waals surface area contributed by atoms with Crippen LogP contribution in [0, 0.1) is 0 Å². The number of amides is 3. The molecule has 2 aromatic carbocycles. The lowest BCUT2D eigenvalue weighted by atomic mass is 10.2. The Hall–Kier alpha value is -4.08. The second kappa shape index (κ2) is 13.5. The average molecular weight is 471 g/mol. The van der Waals surface area contributed by atoms with Gasteiger partial charge in [-0.15, -0.1) is 0 Å². The van der Waals surface area contributed by atoms with Crippen molar-refractivity contribution in [3.05, 3.63) is 48.0 Å². The highest BCUT2D eigenvalue weighted by molar-refractivity contribution is 6.35. The van der Waals surface area contributed by atoms with Crippen LogP contribution in [0.3, 0.4) is 0 Å². The number of carbonyl (C=O) groups is 3. The number of nitrogens with zero attached hydrogens (tertiary/aromatic N) is 1. The minimum atomic E-state index is -0.867. The lowest BCUT2D eigenvalue weighted by Crippen LogP contribution is -2.41. The molecule has 0 bridgehead atoms. The molecule has 0 unspecified atom stereocenters. The van der Waals surface area contributed by atoms with Gasteiger partial charge >= 0.3 is 11.8 Å². The highest BCUT2D eigenvalue weighted by Gasteiger charge is 2.13. The highest BCUT2D eigenvalue weighted by atomic mass is 16.5. The van der Waals surface area contributed by atoms with Gasteiger partial charge in [0.25, 0.3) is 5.91 Å². The number of hydrazone groups is 1. The molecule has 0 aliphatic carbocycles. The molecule has 0 radical (unpaired) electrons. The van der Waals surface area contributed by atoms with E-state index in [-0.39, 0.29) is 18.6 Å². The van der Waals surface area contributed by atoms with E-state index in [2.05, 4.69) is 21.2 Å². The number of hydrogen-bond donors (Lipinski definition) is 3. The van der Waals surface area contributed by atoms with Crippen molar-refractivity contribution in [1.82, 2.24) is 10.7 Å². The van der Waals surface area contributed by atoms with Crippen molar-refractivity contribution in [2.75, 3.05) is 25.1 Å². The summed E-state index contributed by atoms with van der Waals surface area (Å²) in [5.74, 6) is -0.465. The lowest BCUT2D eigenvalue weighted by Gasteiger charge is -2.13. The van der Waals surface area contributed by atoms with Crippen LogP contribution in [-0.2, 0) is 14.4 Å². The molecule has 0 aliphatic rings. The Morgan fingerprint density at radius 2 is 1.62 bits per heavy atom. The molecular formula is C24H30N4O6. The highest BCUT2D eigenvalue weighted by Crippen LogP contribution is 2.28. The number of anilines is 1. The molecule has 0 saturated carbocycles. The normalized spacial score (nSPS) is 10.6. The topological polar surface area (TPSA) is 127 Å². The molecular weight excluding hydrogens is 440 g/mol. The monoisotopic (exact) mass is 470 g/mol. The maximum atomic E-state index is 12.3. The zero-order valence-electron chi connectivity index (χ0n) is 19.7. The predicted octanol–water partition coefficient (Wildman–Crippen LogP) is 2.48. The Labute approximate surface area is 198 Å². The van der Waals surface area contributed by atoms with Crippen LogP contribution in [0.2, 0.25) is 0 Å². The van der Waals surface area contributed by atoms with Crippen LogP contribution in [0.4, 0.5) is 5.69 Å². The van der Waals surface area contributed by atoms with Crippen molar-refractivity contribution < 1.29 is 28.6 Å². The first-order chi connectivity index (χ1) is 16.3. The van der Waals surface area contributed by atoms with Gasteiger partial charge in [0.05, 0.1) is 19.4 Å². The molecule has 0 atom stereocenters. The number of rotatable bonds is 11. The fraction of sp³-hybridized carbons (Fsp3) is 0.333. The first kappa shape index (κ1) is 26.2. The molecule has 0 aromatic heterocycles. The zero-order chi connectivity index (χ0) is 24.9. The molecule has 0 fully saturated rings. The summed E-state index contributed by atoms with van der Waals surface area (Å²) < 4.78 is 16.6. The third-order valence-corrected chi connectivity index (χ3v) is 4.08. The zero-order valence-corrected chi connectivity index (χ0v) is 19.7. The van der Waals surface area contributed by atoms with Crippen molar-refractivity contribution >= 4 is 29.6 Å². The fourth-order valence-electron chi connectivity index (χ4n) is 2.68. The third kappa shape index (κ3) is 8.81. The molecule has 2 rings (SSSR count). The van der Waals surface area contributed by atoms with Crippen molar-refractivity contribution in [3.63, 3.8) is 0 Å². The minimum Gasteiger partial charge on any atom is -0.494 e. The number of ether oxygens (including phenoxy) is 3. The Kier molecular flexibility index (Phi) is 10.4. The number of hydrogen-bond acceptors (Lipinski definition) is 7. The molecule has 2 aromatic rings. The Morgan fingerprint density at radius 3 is 2.26 bits per heavy atom. The van der Waals surface area contributed by atoms with E-state index in [0.29, 0.717) is 36.0 Å². The van der Waals surface area contributed by atoms with E-state index >= 15 is 0 Å². The van der Waals surface area contributed by atoms with Gasteiger partial charge in [-0.3, -0.25) is 14.4 Å². The van der Waals surface area contributed by atoms with Crippen LogP contribution < -0.4 is 30.3 Å². The first-order valence-corrected chi connectivity index (χ1v) is 10.9. The second-order valence-electron chi connectivity index (χ2n) is 7.26. The average Bonchev–Trinajstić information content (AvgIpc) is 2.79. The van der Waals surface area contributed by atoms with Gasteiger partial charge in [-0.2, -0.15) is 5.10 Å². The molecule has 3 N–H and O–H groups in total. The molecule has 3 amide bonds. The standard InChI is InChI=1S/C24H30N4O6/c1-5-32-19-10-8-18(9-11-19)27-22(29)15-34-20-12-7-17(13-21(20)33-6-2)14-25-28-24(31)23(30)26-16(3)4/h7-14,16H,5-6,15H2,1-4H3,(H,26,30)(H,27,29)(H,28,31)/b25-14-. The summed E-state index contributed by atoms with van der Waals surface area (Å²) in [6.07, 6.45) is 1.37. The summed E-state index contributed by atoms with van der Waals surface area (Å²) in [6.45, 7) is 7.93. The molecule has 10 heteroatoms. The van der Waals surface area contributed by atoms with Gasteiger partial charge in [-0.25, -0.2) is 5.43 Å². The molecule has 0 aliphatic heterocycles. The largest absolute Gasteiger partial charge is 0.494 e. The number of carbonyl (C=O) groups excluding carboxylic acids is 3. The van der Waals surface area contributed by atoms with Crippen molar-refractivity contribution in [2.45, 2.75) is 33.7 Å².